The highest BCUT2D eigenvalue weighted by Crippen LogP contribution is 2.22. The Balaban J connectivity index is 1.59. The predicted molar refractivity (Wildman–Crippen MR) is 121 cm³/mol. The molecular formula is C27H33N. The first-order valence-electron chi connectivity index (χ1n) is 10.6. The van der Waals surface area contributed by atoms with Gasteiger partial charge in [-0.25, -0.2) is 0 Å². The number of rotatable bonds is 10. The summed E-state index contributed by atoms with van der Waals surface area (Å²) in [5.41, 5.74) is 4.29. The van der Waals surface area contributed by atoms with Crippen molar-refractivity contribution in [3.05, 3.63) is 108 Å². The maximum atomic E-state index is 2.63. The van der Waals surface area contributed by atoms with Crippen LogP contribution in [0.3, 0.4) is 0 Å². The highest BCUT2D eigenvalue weighted by molar-refractivity contribution is 5.20. The summed E-state index contributed by atoms with van der Waals surface area (Å²) in [5, 5.41) is 0. The summed E-state index contributed by atoms with van der Waals surface area (Å²) in [6, 6.07) is 32.7. The largest absolute Gasteiger partial charge is 0.299 e. The maximum absolute atomic E-state index is 2.63. The van der Waals surface area contributed by atoms with Gasteiger partial charge < -0.3 is 0 Å². The van der Waals surface area contributed by atoms with E-state index in [4.69, 9.17) is 0 Å². The molecule has 0 aliphatic carbocycles. The summed E-state index contributed by atoms with van der Waals surface area (Å²) in [7, 11) is 0. The van der Waals surface area contributed by atoms with Crippen molar-refractivity contribution >= 4 is 0 Å². The van der Waals surface area contributed by atoms with Gasteiger partial charge in [0.2, 0.25) is 0 Å². The van der Waals surface area contributed by atoms with Gasteiger partial charge in [0.25, 0.3) is 0 Å². The number of hydrogen-bond acceptors (Lipinski definition) is 1. The third-order valence-corrected chi connectivity index (χ3v) is 5.74. The first kappa shape index (κ1) is 20.4. The Morgan fingerprint density at radius 3 is 1.39 bits per heavy atom. The Labute approximate surface area is 171 Å². The molecule has 3 aromatic rings. The fraction of sp³-hybridized carbons (Fsp3) is 0.333. The Hall–Kier alpha value is -2.38. The van der Waals surface area contributed by atoms with Crippen LogP contribution in [0.4, 0.5) is 0 Å². The minimum Gasteiger partial charge on any atom is -0.299 e. The third-order valence-electron chi connectivity index (χ3n) is 5.74. The summed E-state index contributed by atoms with van der Waals surface area (Å²) in [6.07, 6.45) is 2.38. The summed E-state index contributed by atoms with van der Waals surface area (Å²) in [4.78, 5) is 2.63. The first-order chi connectivity index (χ1) is 13.7. The molecule has 0 aliphatic heterocycles. The van der Waals surface area contributed by atoms with Crippen LogP contribution in [0.15, 0.2) is 91.0 Å². The molecular weight excluding hydrogens is 338 g/mol. The quantitative estimate of drug-likeness (QED) is 0.375. The fourth-order valence-electron chi connectivity index (χ4n) is 3.76. The van der Waals surface area contributed by atoms with E-state index in [0.717, 1.165) is 19.6 Å². The highest BCUT2D eigenvalue weighted by Gasteiger charge is 2.13. The molecule has 0 spiro atoms. The van der Waals surface area contributed by atoms with E-state index in [1.807, 2.05) is 0 Å². The second-order valence-corrected chi connectivity index (χ2v) is 7.96. The minimum atomic E-state index is 0.589. The predicted octanol–water partition coefficient (Wildman–Crippen LogP) is 6.88. The van der Waals surface area contributed by atoms with Gasteiger partial charge in [-0.3, -0.25) is 4.90 Å². The SMILES string of the molecule is CC(CCN(CCC(C)c1ccccc1)Cc1ccccc1)c1ccccc1. The summed E-state index contributed by atoms with van der Waals surface area (Å²) in [6.45, 7) is 7.99. The molecule has 0 bridgehead atoms. The van der Waals surface area contributed by atoms with Crippen molar-refractivity contribution in [2.45, 2.75) is 45.1 Å². The van der Waals surface area contributed by atoms with Gasteiger partial charge in [0.05, 0.1) is 0 Å². The molecule has 0 aromatic heterocycles. The molecule has 1 nitrogen and oxygen atoms in total. The topological polar surface area (TPSA) is 3.24 Å². The molecule has 0 radical (unpaired) electrons. The lowest BCUT2D eigenvalue weighted by molar-refractivity contribution is 0.247. The van der Waals surface area contributed by atoms with Crippen molar-refractivity contribution < 1.29 is 0 Å². The average molecular weight is 372 g/mol. The van der Waals surface area contributed by atoms with Crippen LogP contribution in [0.25, 0.3) is 0 Å². The van der Waals surface area contributed by atoms with E-state index in [2.05, 4.69) is 110 Å². The van der Waals surface area contributed by atoms with Gasteiger partial charge in [-0.15, -0.1) is 0 Å². The molecule has 0 aliphatic rings. The number of benzene rings is 3. The van der Waals surface area contributed by atoms with Gasteiger partial charge in [-0.2, -0.15) is 0 Å². The summed E-state index contributed by atoms with van der Waals surface area (Å²) >= 11 is 0. The van der Waals surface area contributed by atoms with Crippen molar-refractivity contribution in [1.82, 2.24) is 4.90 Å². The molecule has 1 heteroatoms. The lowest BCUT2D eigenvalue weighted by Crippen LogP contribution is -2.27. The minimum absolute atomic E-state index is 0.589. The van der Waals surface area contributed by atoms with E-state index < -0.39 is 0 Å². The molecule has 3 rings (SSSR count). The summed E-state index contributed by atoms with van der Waals surface area (Å²) in [5.74, 6) is 1.18. The molecule has 0 fully saturated rings. The molecule has 3 aromatic carbocycles. The second kappa shape index (κ2) is 10.8. The van der Waals surface area contributed by atoms with Crippen LogP contribution >= 0.6 is 0 Å². The highest BCUT2D eigenvalue weighted by atomic mass is 15.1. The normalized spacial score (nSPS) is 13.4. The van der Waals surface area contributed by atoms with E-state index in [0.29, 0.717) is 11.8 Å². The molecule has 0 heterocycles. The molecule has 0 amide bonds. The van der Waals surface area contributed by atoms with Crippen molar-refractivity contribution in [3.63, 3.8) is 0 Å². The first-order valence-corrected chi connectivity index (χ1v) is 10.6. The van der Waals surface area contributed by atoms with E-state index in [1.54, 1.807) is 0 Å². The standard InChI is InChI=1S/C27H33N/c1-23(26-14-8-4-9-15-26)18-20-28(22-25-12-6-3-7-13-25)21-19-24(2)27-16-10-5-11-17-27/h3-17,23-24H,18-22H2,1-2H3. The monoisotopic (exact) mass is 371 g/mol. The fourth-order valence-corrected chi connectivity index (χ4v) is 3.76. The van der Waals surface area contributed by atoms with Gasteiger partial charge in [-0.1, -0.05) is 105 Å². The van der Waals surface area contributed by atoms with Gasteiger partial charge in [-0.05, 0) is 54.5 Å². The van der Waals surface area contributed by atoms with Crippen LogP contribution in [-0.2, 0) is 6.54 Å². The Bertz CT molecular complexity index is 733. The van der Waals surface area contributed by atoms with Crippen LogP contribution in [0.2, 0.25) is 0 Å². The molecule has 28 heavy (non-hydrogen) atoms. The van der Waals surface area contributed by atoms with Crippen LogP contribution < -0.4 is 0 Å². The van der Waals surface area contributed by atoms with Crippen LogP contribution in [0, 0.1) is 0 Å². The molecule has 0 saturated carbocycles. The Morgan fingerprint density at radius 1 is 0.571 bits per heavy atom. The van der Waals surface area contributed by atoms with Gasteiger partial charge in [0.15, 0.2) is 0 Å². The third kappa shape index (κ3) is 6.35. The molecule has 2 atom stereocenters. The zero-order valence-corrected chi connectivity index (χ0v) is 17.3. The maximum Gasteiger partial charge on any atom is 0.0233 e. The van der Waals surface area contributed by atoms with E-state index in [-0.39, 0.29) is 0 Å². The zero-order chi connectivity index (χ0) is 19.6. The van der Waals surface area contributed by atoms with Crippen LogP contribution in [-0.4, -0.2) is 18.0 Å². The smallest absolute Gasteiger partial charge is 0.0233 e. The zero-order valence-electron chi connectivity index (χ0n) is 17.3. The molecule has 0 saturated heterocycles. The van der Waals surface area contributed by atoms with Gasteiger partial charge >= 0.3 is 0 Å². The van der Waals surface area contributed by atoms with Gasteiger partial charge in [0, 0.05) is 6.54 Å². The van der Waals surface area contributed by atoms with Crippen molar-refractivity contribution in [1.29, 1.82) is 0 Å². The lowest BCUT2D eigenvalue weighted by atomic mass is 9.96. The van der Waals surface area contributed by atoms with Crippen molar-refractivity contribution in [2.24, 2.45) is 0 Å². The van der Waals surface area contributed by atoms with Crippen LogP contribution in [0.5, 0.6) is 0 Å². The Morgan fingerprint density at radius 2 is 0.964 bits per heavy atom. The second-order valence-electron chi connectivity index (χ2n) is 7.96. The van der Waals surface area contributed by atoms with Gasteiger partial charge in [0.1, 0.15) is 0 Å². The van der Waals surface area contributed by atoms with Crippen molar-refractivity contribution in [3.8, 4) is 0 Å². The summed E-state index contributed by atoms with van der Waals surface area (Å²) < 4.78 is 0. The molecule has 2 unspecified atom stereocenters. The van der Waals surface area contributed by atoms with E-state index >= 15 is 0 Å². The van der Waals surface area contributed by atoms with E-state index in [9.17, 15) is 0 Å². The lowest BCUT2D eigenvalue weighted by Gasteiger charge is -2.26. The number of hydrogen-bond donors (Lipinski definition) is 0. The van der Waals surface area contributed by atoms with Crippen molar-refractivity contribution in [2.75, 3.05) is 13.1 Å². The Kier molecular flexibility index (Phi) is 7.87. The molecule has 0 N–H and O–H groups in total. The molecule has 146 valence electrons. The average Bonchev–Trinajstić information content (AvgIpc) is 2.77. The van der Waals surface area contributed by atoms with Crippen LogP contribution in [0.1, 0.15) is 55.2 Å². The van der Waals surface area contributed by atoms with E-state index in [1.165, 1.54) is 29.5 Å². The number of nitrogens with zero attached hydrogens (tertiary/aromatic N) is 1.